The first-order valence-electron chi connectivity index (χ1n) is 15.3. The Kier molecular flexibility index (Phi) is 8.81. The van der Waals surface area contributed by atoms with E-state index in [1.807, 2.05) is 49.4 Å². The number of fused-ring (bicyclic) bond motifs is 2. The molecule has 6 rings (SSSR count). The summed E-state index contributed by atoms with van der Waals surface area (Å²) < 4.78 is 12.3. The molecule has 11 heteroatoms. The van der Waals surface area contributed by atoms with Crippen molar-refractivity contribution in [2.45, 2.75) is 50.0 Å². The number of benzene rings is 2. The fourth-order valence-corrected chi connectivity index (χ4v) is 7.41. The van der Waals surface area contributed by atoms with Crippen LogP contribution in [0, 0.1) is 18.8 Å². The van der Waals surface area contributed by atoms with Gasteiger partial charge in [0.2, 0.25) is 11.8 Å². The second-order valence-electron chi connectivity index (χ2n) is 11.8. The lowest BCUT2D eigenvalue weighted by atomic mass is 9.77. The number of nitrogens with zero attached hydrogens (tertiary/aromatic N) is 2. The van der Waals surface area contributed by atoms with E-state index in [1.54, 1.807) is 35.3 Å². The van der Waals surface area contributed by atoms with Gasteiger partial charge >= 0.3 is 5.97 Å². The molecule has 0 aromatic heterocycles. The maximum Gasteiger partial charge on any atom is 0.306 e. The van der Waals surface area contributed by atoms with Crippen LogP contribution < -0.4 is 10.2 Å². The van der Waals surface area contributed by atoms with Crippen molar-refractivity contribution in [2.75, 3.05) is 31.2 Å². The molecule has 10 nitrogen and oxygen atoms in total. The number of halogens is 1. The monoisotopic (exact) mass is 633 g/mol. The normalized spacial score (nSPS) is 30.8. The molecule has 1 spiro atoms. The highest BCUT2D eigenvalue weighted by Gasteiger charge is 2.71. The van der Waals surface area contributed by atoms with Crippen LogP contribution in [-0.4, -0.2) is 77.7 Å². The molecule has 4 aliphatic heterocycles. The molecule has 2 aromatic carbocycles. The molecule has 0 aliphatic carbocycles. The van der Waals surface area contributed by atoms with Crippen molar-refractivity contribution in [3.63, 3.8) is 0 Å². The number of carbonyl (C=O) groups excluding carboxylic acids is 4. The quantitative estimate of drug-likeness (QED) is 0.382. The van der Waals surface area contributed by atoms with Crippen LogP contribution in [0.2, 0.25) is 5.02 Å². The van der Waals surface area contributed by atoms with E-state index in [9.17, 15) is 24.3 Å². The Morgan fingerprint density at radius 2 is 1.84 bits per heavy atom. The van der Waals surface area contributed by atoms with Crippen LogP contribution >= 0.6 is 11.6 Å². The minimum atomic E-state index is -1.46. The third-order valence-corrected chi connectivity index (χ3v) is 9.39. The maximum atomic E-state index is 14.6. The summed E-state index contributed by atoms with van der Waals surface area (Å²) in [4.78, 5) is 58.8. The lowest BCUT2D eigenvalue weighted by molar-refractivity contribution is -0.146. The van der Waals surface area contributed by atoms with Crippen molar-refractivity contribution in [1.29, 1.82) is 0 Å². The molecule has 45 heavy (non-hydrogen) atoms. The van der Waals surface area contributed by atoms with Gasteiger partial charge in [0, 0.05) is 26.1 Å². The number of hydrogen-bond donors (Lipinski definition) is 2. The number of rotatable bonds is 5. The minimum absolute atomic E-state index is 0.0733. The number of ether oxygens (including phenoxy) is 2. The van der Waals surface area contributed by atoms with Crippen LogP contribution in [-0.2, 0) is 28.7 Å². The van der Waals surface area contributed by atoms with E-state index in [0.29, 0.717) is 17.1 Å². The van der Waals surface area contributed by atoms with E-state index in [4.69, 9.17) is 21.1 Å². The van der Waals surface area contributed by atoms with Crippen molar-refractivity contribution < 1.29 is 33.8 Å². The zero-order valence-corrected chi connectivity index (χ0v) is 25.7. The average molecular weight is 634 g/mol. The zero-order valence-electron chi connectivity index (χ0n) is 24.9. The Hall–Kier alpha value is -3.99. The molecule has 0 radical (unpaired) electrons. The Labute approximate surface area is 266 Å². The van der Waals surface area contributed by atoms with Gasteiger partial charge in [-0.3, -0.25) is 19.2 Å². The van der Waals surface area contributed by atoms with Crippen LogP contribution in [0.4, 0.5) is 5.69 Å². The fourth-order valence-electron chi connectivity index (χ4n) is 7.08. The number of nitrogens with one attached hydrogen (secondary N) is 1. The van der Waals surface area contributed by atoms with Gasteiger partial charge in [-0.1, -0.05) is 78.4 Å². The smallest absolute Gasteiger partial charge is 0.306 e. The van der Waals surface area contributed by atoms with Gasteiger partial charge in [0.25, 0.3) is 5.91 Å². The molecule has 2 saturated heterocycles. The van der Waals surface area contributed by atoms with Gasteiger partial charge < -0.3 is 29.7 Å². The molecular weight excluding hydrogens is 598 g/mol. The van der Waals surface area contributed by atoms with Crippen molar-refractivity contribution in [2.24, 2.45) is 11.8 Å². The summed E-state index contributed by atoms with van der Waals surface area (Å²) in [5.41, 5.74) is 0.621. The molecule has 0 saturated carbocycles. The number of cyclic esters (lactones) is 1. The molecule has 4 aliphatic rings. The van der Waals surface area contributed by atoms with E-state index < -0.39 is 53.4 Å². The first-order valence-corrected chi connectivity index (χ1v) is 15.7. The van der Waals surface area contributed by atoms with Crippen LogP contribution in [0.3, 0.4) is 0 Å². The summed E-state index contributed by atoms with van der Waals surface area (Å²) in [7, 11) is 0. The number of anilines is 1. The number of allylic oxidation sites excluding steroid dienone is 1. The largest absolute Gasteiger partial charge is 0.463 e. The topological polar surface area (TPSA) is 125 Å². The molecule has 0 bridgehead atoms. The Bertz CT molecular complexity index is 1530. The summed E-state index contributed by atoms with van der Waals surface area (Å²) in [6.07, 6.45) is 6.92. The van der Waals surface area contributed by atoms with Crippen LogP contribution in [0.25, 0.3) is 0 Å². The van der Waals surface area contributed by atoms with E-state index in [2.05, 4.69) is 5.32 Å². The number of hydrogen-bond acceptors (Lipinski definition) is 7. The van der Waals surface area contributed by atoms with Crippen LogP contribution in [0.15, 0.2) is 72.8 Å². The lowest BCUT2D eigenvalue weighted by Gasteiger charge is -2.36. The van der Waals surface area contributed by atoms with E-state index in [0.717, 1.165) is 11.1 Å². The molecule has 6 atom stereocenters. The second kappa shape index (κ2) is 12.8. The number of aryl methyl sites for hydroxylation is 1. The summed E-state index contributed by atoms with van der Waals surface area (Å²) in [5.74, 6) is -3.62. The van der Waals surface area contributed by atoms with Crippen LogP contribution in [0.5, 0.6) is 0 Å². The fraction of sp³-hybridized carbons (Fsp3) is 0.412. The molecule has 236 valence electrons. The molecule has 2 N–H and O–H groups in total. The first kappa shape index (κ1) is 31.0. The maximum absolute atomic E-state index is 14.6. The molecule has 0 unspecified atom stereocenters. The highest BCUT2D eigenvalue weighted by atomic mass is 35.5. The van der Waals surface area contributed by atoms with Crippen LogP contribution in [0.1, 0.15) is 36.4 Å². The Morgan fingerprint density at radius 1 is 1.04 bits per heavy atom. The number of esters is 1. The minimum Gasteiger partial charge on any atom is -0.463 e. The number of amides is 3. The number of aliphatic hydroxyl groups excluding tert-OH is 1. The number of likely N-dealkylation sites (tertiary alicyclic amines) is 1. The van der Waals surface area contributed by atoms with Gasteiger partial charge in [-0.15, -0.1) is 0 Å². The van der Waals surface area contributed by atoms with Gasteiger partial charge in [-0.2, -0.15) is 0 Å². The number of carbonyl (C=O) groups is 4. The van der Waals surface area contributed by atoms with Gasteiger partial charge in [0.1, 0.15) is 18.2 Å². The predicted octanol–water partition coefficient (Wildman–Crippen LogP) is 3.27. The molecule has 2 fully saturated rings. The Balaban J connectivity index is 1.44. The zero-order chi connectivity index (χ0) is 31.7. The highest BCUT2D eigenvalue weighted by molar-refractivity contribution is 6.34. The van der Waals surface area contributed by atoms with E-state index in [-0.39, 0.29) is 45.1 Å². The third-order valence-electron chi connectivity index (χ3n) is 9.08. The van der Waals surface area contributed by atoms with E-state index in [1.165, 1.54) is 4.90 Å². The van der Waals surface area contributed by atoms with Gasteiger partial charge in [-0.25, -0.2) is 0 Å². The Morgan fingerprint density at radius 3 is 2.60 bits per heavy atom. The van der Waals surface area contributed by atoms with Gasteiger partial charge in [-0.05, 0) is 37.0 Å². The molecule has 2 aromatic rings. The second-order valence-corrected chi connectivity index (χ2v) is 12.2. The summed E-state index contributed by atoms with van der Waals surface area (Å²) in [6, 6.07) is 12.8. The summed E-state index contributed by atoms with van der Waals surface area (Å²) in [5, 5.41) is 13.1. The summed E-state index contributed by atoms with van der Waals surface area (Å²) >= 11 is 6.61. The van der Waals surface area contributed by atoms with Gasteiger partial charge in [0.05, 0.1) is 34.7 Å². The van der Waals surface area contributed by atoms with Crippen molar-refractivity contribution in [3.8, 4) is 0 Å². The lowest BCUT2D eigenvalue weighted by Crippen LogP contribution is -2.55. The van der Waals surface area contributed by atoms with Crippen molar-refractivity contribution >= 4 is 41.0 Å². The average Bonchev–Trinajstić information content (AvgIpc) is 3.41. The highest BCUT2D eigenvalue weighted by Crippen LogP contribution is 2.53. The van der Waals surface area contributed by atoms with Crippen molar-refractivity contribution in [3.05, 3.63) is 89.0 Å². The van der Waals surface area contributed by atoms with E-state index >= 15 is 0 Å². The SMILES string of the molecule is Cc1cccc(Cl)c1N1CC=C[C@@]23O[C@H]4/C=C\CCC(=O)OC[C@H](c5ccccc5)NC(=O)[C@H]4[C@@H]2C(=O)N(CCCO)[C@H]3C1=O. The molecular formula is C34H36ClN3O7. The number of aliphatic hydroxyl groups is 1. The summed E-state index contributed by atoms with van der Waals surface area (Å²) in [6.45, 7) is 1.90. The first-order chi connectivity index (χ1) is 21.8. The van der Waals surface area contributed by atoms with Crippen molar-refractivity contribution in [1.82, 2.24) is 10.2 Å². The number of para-hydroxylation sites is 1. The third kappa shape index (κ3) is 5.55. The molecule has 4 heterocycles. The molecule has 3 amide bonds. The standard InChI is InChI=1S/C34H36ClN3O7/c1-21-10-7-13-23(35)29(21)37-17-8-16-34-28(32(42)38(18-9-19-39)30(34)33(37)43)27-25(45-34)14-5-6-15-26(40)44-20-24(36-31(27)41)22-11-3-2-4-12-22/h2-5,7-8,10-14,16,24-25,27-28,30,39H,6,9,15,17-20H2,1H3,(H,36,41)/b14-5-/t24-,25+,27-,28-,30+,34-/m1/s1. The van der Waals surface area contributed by atoms with Gasteiger partial charge in [0.15, 0.2) is 0 Å². The predicted molar refractivity (Wildman–Crippen MR) is 166 cm³/mol.